The van der Waals surface area contributed by atoms with Crippen molar-refractivity contribution in [2.75, 3.05) is 16.4 Å². The van der Waals surface area contributed by atoms with Crippen LogP contribution < -0.4 is 16.0 Å². The summed E-state index contributed by atoms with van der Waals surface area (Å²) in [5, 5.41) is 8.56. The van der Waals surface area contributed by atoms with Crippen LogP contribution in [0.4, 0.5) is 11.4 Å². The fourth-order valence-electron chi connectivity index (χ4n) is 4.07. The van der Waals surface area contributed by atoms with Crippen LogP contribution in [-0.4, -0.2) is 23.5 Å². The third-order valence-electron chi connectivity index (χ3n) is 6.00. The van der Waals surface area contributed by atoms with Gasteiger partial charge in [-0.05, 0) is 97.6 Å². The number of rotatable bonds is 9. The molecule has 4 aromatic carbocycles. The Hall–Kier alpha value is -4.62. The molecule has 0 fully saturated rings. The van der Waals surface area contributed by atoms with E-state index in [0.717, 1.165) is 32.8 Å². The van der Waals surface area contributed by atoms with E-state index in [-0.39, 0.29) is 23.3 Å². The summed E-state index contributed by atoms with van der Waals surface area (Å²) in [6.07, 6.45) is 1.67. The Labute approximate surface area is 238 Å². The lowest BCUT2D eigenvalue weighted by Crippen LogP contribution is -2.30. The minimum absolute atomic E-state index is 0.0903. The van der Waals surface area contributed by atoms with E-state index in [1.165, 1.54) is 11.8 Å². The number of thioether (sulfide) groups is 1. The molecule has 0 radical (unpaired) electrons. The minimum Gasteiger partial charge on any atom is -0.325 e. The molecule has 0 aromatic heterocycles. The van der Waals surface area contributed by atoms with E-state index in [9.17, 15) is 14.4 Å². The molecule has 4 rings (SSSR count). The Morgan fingerprint density at radius 3 is 2.05 bits per heavy atom. The highest BCUT2D eigenvalue weighted by Gasteiger charge is 2.16. The van der Waals surface area contributed by atoms with Crippen LogP contribution in [0.15, 0.2) is 108 Å². The molecule has 0 saturated heterocycles. The highest BCUT2D eigenvalue weighted by atomic mass is 32.2. The van der Waals surface area contributed by atoms with Gasteiger partial charge in [0.25, 0.3) is 11.8 Å². The molecular weight excluding hydrogens is 518 g/mol. The van der Waals surface area contributed by atoms with E-state index in [0.29, 0.717) is 11.3 Å². The summed E-state index contributed by atoms with van der Waals surface area (Å²) in [5.74, 6) is -0.650. The first kappa shape index (κ1) is 28.4. The maximum Gasteiger partial charge on any atom is 0.272 e. The molecule has 0 aliphatic heterocycles. The van der Waals surface area contributed by atoms with Gasteiger partial charge in [-0.2, -0.15) is 0 Å². The fraction of sp³-hybridized carbons (Fsp3) is 0.121. The second-order valence-electron chi connectivity index (χ2n) is 9.43. The van der Waals surface area contributed by atoms with Gasteiger partial charge in [0.1, 0.15) is 5.70 Å². The van der Waals surface area contributed by atoms with Crippen molar-refractivity contribution in [2.45, 2.75) is 25.7 Å². The molecule has 0 aliphatic carbocycles. The van der Waals surface area contributed by atoms with E-state index in [1.54, 1.807) is 42.5 Å². The molecule has 6 nitrogen and oxygen atoms in total. The summed E-state index contributed by atoms with van der Waals surface area (Å²) in [4.78, 5) is 39.4. The zero-order valence-electron chi connectivity index (χ0n) is 22.7. The number of aryl methyl sites for hydroxylation is 3. The molecule has 0 atom stereocenters. The predicted octanol–water partition coefficient (Wildman–Crippen LogP) is 6.75. The Morgan fingerprint density at radius 2 is 1.38 bits per heavy atom. The summed E-state index contributed by atoms with van der Waals surface area (Å²) in [6, 6.07) is 29.6. The lowest BCUT2D eigenvalue weighted by Gasteiger charge is -2.12. The van der Waals surface area contributed by atoms with Gasteiger partial charge in [0.15, 0.2) is 0 Å². The minimum atomic E-state index is -0.444. The first-order valence-corrected chi connectivity index (χ1v) is 13.8. The van der Waals surface area contributed by atoms with Crippen molar-refractivity contribution in [1.82, 2.24) is 5.32 Å². The molecule has 0 bridgehead atoms. The molecule has 0 unspecified atom stereocenters. The van der Waals surface area contributed by atoms with E-state index in [4.69, 9.17) is 0 Å². The lowest BCUT2D eigenvalue weighted by molar-refractivity contribution is -0.114. The Morgan fingerprint density at radius 1 is 0.725 bits per heavy atom. The highest BCUT2D eigenvalue weighted by molar-refractivity contribution is 8.00. The van der Waals surface area contributed by atoms with Crippen LogP contribution >= 0.6 is 11.8 Å². The smallest absolute Gasteiger partial charge is 0.272 e. The molecule has 4 aromatic rings. The summed E-state index contributed by atoms with van der Waals surface area (Å²) in [5.41, 5.74) is 5.93. The number of amides is 3. The quantitative estimate of drug-likeness (QED) is 0.159. The first-order valence-electron chi connectivity index (χ1n) is 12.8. The van der Waals surface area contributed by atoms with Crippen LogP contribution in [0, 0.1) is 20.8 Å². The van der Waals surface area contributed by atoms with E-state index in [1.807, 2.05) is 75.4 Å². The van der Waals surface area contributed by atoms with Crippen molar-refractivity contribution in [3.63, 3.8) is 0 Å². The van der Waals surface area contributed by atoms with Crippen LogP contribution in [0.1, 0.15) is 32.6 Å². The summed E-state index contributed by atoms with van der Waals surface area (Å²) in [7, 11) is 0. The molecule has 3 N–H and O–H groups in total. The monoisotopic (exact) mass is 549 g/mol. The Balaban J connectivity index is 1.41. The second-order valence-corrected chi connectivity index (χ2v) is 10.5. The first-order chi connectivity index (χ1) is 19.3. The van der Waals surface area contributed by atoms with E-state index < -0.39 is 5.91 Å². The molecular formula is C33H31N3O3S. The number of carbonyl (C=O) groups excluding carboxylic acids is 3. The van der Waals surface area contributed by atoms with Crippen LogP contribution in [-0.2, 0) is 9.59 Å². The number of hydrogen-bond donors (Lipinski definition) is 3. The molecule has 7 heteroatoms. The zero-order chi connectivity index (χ0) is 28.5. The van der Waals surface area contributed by atoms with Gasteiger partial charge in [0.05, 0.1) is 5.75 Å². The van der Waals surface area contributed by atoms with Crippen molar-refractivity contribution in [2.24, 2.45) is 0 Å². The maximum absolute atomic E-state index is 13.3. The van der Waals surface area contributed by atoms with E-state index in [2.05, 4.69) is 22.0 Å². The molecule has 3 amide bonds. The fourth-order valence-corrected chi connectivity index (χ4v) is 4.77. The molecule has 0 heterocycles. The van der Waals surface area contributed by atoms with Gasteiger partial charge in [-0.1, -0.05) is 48.5 Å². The largest absolute Gasteiger partial charge is 0.325 e. The van der Waals surface area contributed by atoms with E-state index >= 15 is 0 Å². The summed E-state index contributed by atoms with van der Waals surface area (Å²) < 4.78 is 0. The number of carbonyl (C=O) groups is 3. The second kappa shape index (κ2) is 13.4. The average molecular weight is 550 g/mol. The molecule has 0 saturated carbocycles. The molecule has 0 aliphatic rings. The third-order valence-corrected chi connectivity index (χ3v) is 7.02. The van der Waals surface area contributed by atoms with Crippen molar-refractivity contribution in [3.05, 3.63) is 131 Å². The van der Waals surface area contributed by atoms with Gasteiger partial charge < -0.3 is 16.0 Å². The van der Waals surface area contributed by atoms with Gasteiger partial charge in [-0.25, -0.2) is 0 Å². The molecule has 0 spiro atoms. The van der Waals surface area contributed by atoms with Gasteiger partial charge in [0.2, 0.25) is 5.91 Å². The summed E-state index contributed by atoms with van der Waals surface area (Å²) in [6.45, 7) is 5.94. The highest BCUT2D eigenvalue weighted by Crippen LogP contribution is 2.22. The third kappa shape index (κ3) is 8.19. The van der Waals surface area contributed by atoms with Crippen molar-refractivity contribution in [1.29, 1.82) is 0 Å². The van der Waals surface area contributed by atoms with Crippen molar-refractivity contribution in [3.8, 4) is 0 Å². The van der Waals surface area contributed by atoms with Crippen LogP contribution in [0.5, 0.6) is 0 Å². The van der Waals surface area contributed by atoms with Gasteiger partial charge in [-0.3, -0.25) is 14.4 Å². The normalized spacial score (nSPS) is 11.0. The van der Waals surface area contributed by atoms with Gasteiger partial charge in [0, 0.05) is 21.8 Å². The molecule has 40 heavy (non-hydrogen) atoms. The Kier molecular flexibility index (Phi) is 9.54. The van der Waals surface area contributed by atoms with Crippen molar-refractivity contribution >= 4 is 46.9 Å². The standard InChI is InChI=1S/C33H31N3O3S/c1-22-17-23(2)19-28(18-22)34-31(37)21-40-29-15-13-27(14-16-29)35-33(39)30(20-26-12-8-7-9-24(26)3)36-32(38)25-10-5-4-6-11-25/h4-20H,21H2,1-3H3,(H,34,37)(H,35,39)(H,36,38)/b30-20-. The lowest BCUT2D eigenvalue weighted by atomic mass is 10.1. The number of anilines is 2. The van der Waals surface area contributed by atoms with Gasteiger partial charge in [-0.15, -0.1) is 11.8 Å². The zero-order valence-corrected chi connectivity index (χ0v) is 23.5. The number of nitrogens with one attached hydrogen (secondary N) is 3. The van der Waals surface area contributed by atoms with Crippen LogP contribution in [0.2, 0.25) is 0 Å². The predicted molar refractivity (Wildman–Crippen MR) is 163 cm³/mol. The summed E-state index contributed by atoms with van der Waals surface area (Å²) >= 11 is 1.41. The molecule has 202 valence electrons. The topological polar surface area (TPSA) is 87.3 Å². The van der Waals surface area contributed by atoms with Crippen molar-refractivity contribution < 1.29 is 14.4 Å². The Bertz CT molecular complexity index is 1530. The average Bonchev–Trinajstić information content (AvgIpc) is 2.93. The van der Waals surface area contributed by atoms with Crippen LogP contribution in [0.25, 0.3) is 6.08 Å². The maximum atomic E-state index is 13.3. The SMILES string of the molecule is Cc1cc(C)cc(NC(=O)CSc2ccc(NC(=O)/C(=C/c3ccccc3C)NC(=O)c3ccccc3)cc2)c1. The van der Waals surface area contributed by atoms with Crippen LogP contribution in [0.3, 0.4) is 0 Å². The number of benzene rings is 4. The van der Waals surface area contributed by atoms with Gasteiger partial charge >= 0.3 is 0 Å². The number of hydrogen-bond acceptors (Lipinski definition) is 4.